The zero-order valence-corrected chi connectivity index (χ0v) is 13.2. The van der Waals surface area contributed by atoms with Crippen LogP contribution in [0.2, 0.25) is 0 Å². The predicted octanol–water partition coefficient (Wildman–Crippen LogP) is 1.98. The molecule has 25 heavy (non-hydrogen) atoms. The van der Waals surface area contributed by atoms with Gasteiger partial charge in [0, 0.05) is 43.9 Å². The standard InChI is InChI=1S/C17H15F2N5O/c18-13-2-1-12(14(19)10-13)9-16(25)22-5-7-24-8-6-23-17(24)15-11-20-3-4-21-15/h1-4,6,8,10-11H,5,7,9H2,(H,22,25). The van der Waals surface area contributed by atoms with Gasteiger partial charge in [-0.3, -0.25) is 9.78 Å². The van der Waals surface area contributed by atoms with Crippen molar-refractivity contribution in [3.05, 3.63) is 66.4 Å². The summed E-state index contributed by atoms with van der Waals surface area (Å²) in [5, 5.41) is 2.71. The van der Waals surface area contributed by atoms with E-state index in [1.807, 2.05) is 4.57 Å². The van der Waals surface area contributed by atoms with Crippen LogP contribution < -0.4 is 5.32 Å². The van der Waals surface area contributed by atoms with E-state index in [2.05, 4.69) is 20.3 Å². The van der Waals surface area contributed by atoms with Crippen LogP contribution >= 0.6 is 0 Å². The van der Waals surface area contributed by atoms with Gasteiger partial charge in [0.2, 0.25) is 5.91 Å². The van der Waals surface area contributed by atoms with Gasteiger partial charge in [-0.1, -0.05) is 6.07 Å². The number of nitrogens with one attached hydrogen (secondary N) is 1. The number of rotatable bonds is 6. The topological polar surface area (TPSA) is 72.7 Å². The monoisotopic (exact) mass is 343 g/mol. The van der Waals surface area contributed by atoms with Gasteiger partial charge in [-0.15, -0.1) is 0 Å². The molecule has 0 aliphatic carbocycles. The molecule has 0 aliphatic heterocycles. The average molecular weight is 343 g/mol. The number of nitrogens with zero attached hydrogens (tertiary/aromatic N) is 4. The zero-order chi connectivity index (χ0) is 17.6. The van der Waals surface area contributed by atoms with Crippen molar-refractivity contribution in [2.45, 2.75) is 13.0 Å². The predicted molar refractivity (Wildman–Crippen MR) is 86.3 cm³/mol. The highest BCUT2D eigenvalue weighted by molar-refractivity contribution is 5.78. The second-order valence-corrected chi connectivity index (χ2v) is 5.30. The van der Waals surface area contributed by atoms with E-state index in [0.29, 0.717) is 24.6 Å². The lowest BCUT2D eigenvalue weighted by molar-refractivity contribution is -0.120. The first-order valence-electron chi connectivity index (χ1n) is 7.61. The number of carbonyl (C=O) groups excluding carboxylic acids is 1. The van der Waals surface area contributed by atoms with Gasteiger partial charge in [0.25, 0.3) is 0 Å². The summed E-state index contributed by atoms with van der Waals surface area (Å²) in [6.45, 7) is 0.814. The first-order valence-corrected chi connectivity index (χ1v) is 7.61. The fourth-order valence-electron chi connectivity index (χ4n) is 2.35. The van der Waals surface area contributed by atoms with Crippen molar-refractivity contribution in [3.8, 4) is 11.5 Å². The van der Waals surface area contributed by atoms with Crippen LogP contribution in [-0.4, -0.2) is 32.0 Å². The summed E-state index contributed by atoms with van der Waals surface area (Å²) in [5.41, 5.74) is 0.786. The molecular weight excluding hydrogens is 328 g/mol. The molecule has 1 aromatic carbocycles. The van der Waals surface area contributed by atoms with Crippen LogP contribution in [0.4, 0.5) is 8.78 Å². The number of halogens is 2. The van der Waals surface area contributed by atoms with E-state index in [9.17, 15) is 13.6 Å². The molecule has 3 rings (SSSR count). The Hall–Kier alpha value is -3.16. The number of hydrogen-bond acceptors (Lipinski definition) is 4. The molecule has 6 nitrogen and oxygen atoms in total. The van der Waals surface area contributed by atoms with Gasteiger partial charge < -0.3 is 9.88 Å². The molecular formula is C17H15F2N5O. The van der Waals surface area contributed by atoms with Crippen molar-refractivity contribution in [3.63, 3.8) is 0 Å². The van der Waals surface area contributed by atoms with Crippen LogP contribution in [0.5, 0.6) is 0 Å². The summed E-state index contributed by atoms with van der Waals surface area (Å²) in [5.74, 6) is -1.09. The first-order chi connectivity index (χ1) is 12.1. The van der Waals surface area contributed by atoms with Crippen LogP contribution in [0, 0.1) is 11.6 Å². The Morgan fingerprint density at radius 2 is 2.04 bits per heavy atom. The maximum Gasteiger partial charge on any atom is 0.224 e. The minimum absolute atomic E-state index is 0.146. The number of imidazole rings is 1. The molecule has 0 spiro atoms. The summed E-state index contributed by atoms with van der Waals surface area (Å²) < 4.78 is 28.3. The third-order valence-corrected chi connectivity index (χ3v) is 3.55. The smallest absolute Gasteiger partial charge is 0.224 e. The van der Waals surface area contributed by atoms with E-state index in [4.69, 9.17) is 0 Å². The fraction of sp³-hybridized carbons (Fsp3) is 0.176. The molecule has 3 aromatic rings. The third kappa shape index (κ3) is 4.23. The number of aromatic nitrogens is 4. The molecule has 2 heterocycles. The average Bonchev–Trinajstić information content (AvgIpc) is 3.07. The number of benzene rings is 1. The van der Waals surface area contributed by atoms with Crippen molar-refractivity contribution in [2.24, 2.45) is 0 Å². The highest BCUT2D eigenvalue weighted by Crippen LogP contribution is 2.12. The Kier molecular flexibility index (Phi) is 5.08. The van der Waals surface area contributed by atoms with Gasteiger partial charge in [0.1, 0.15) is 17.3 Å². The lowest BCUT2D eigenvalue weighted by Crippen LogP contribution is -2.29. The molecule has 0 radical (unpaired) electrons. The third-order valence-electron chi connectivity index (χ3n) is 3.55. The quantitative estimate of drug-likeness (QED) is 0.743. The molecule has 0 aliphatic rings. The lowest BCUT2D eigenvalue weighted by atomic mass is 10.1. The van der Waals surface area contributed by atoms with Crippen LogP contribution in [0.1, 0.15) is 5.56 Å². The van der Waals surface area contributed by atoms with Crippen molar-refractivity contribution < 1.29 is 13.6 Å². The lowest BCUT2D eigenvalue weighted by Gasteiger charge is -2.09. The van der Waals surface area contributed by atoms with Crippen LogP contribution in [0.15, 0.2) is 49.2 Å². The Labute approximate surface area is 142 Å². The number of amides is 1. The van der Waals surface area contributed by atoms with Crippen molar-refractivity contribution in [2.75, 3.05) is 6.54 Å². The van der Waals surface area contributed by atoms with Crippen molar-refractivity contribution in [1.82, 2.24) is 24.8 Å². The van der Waals surface area contributed by atoms with E-state index in [-0.39, 0.29) is 17.9 Å². The Balaban J connectivity index is 1.55. The van der Waals surface area contributed by atoms with Crippen LogP contribution in [0.3, 0.4) is 0 Å². The number of hydrogen-bond donors (Lipinski definition) is 1. The van der Waals surface area contributed by atoms with E-state index < -0.39 is 11.6 Å². The minimum Gasteiger partial charge on any atom is -0.354 e. The van der Waals surface area contributed by atoms with Crippen molar-refractivity contribution in [1.29, 1.82) is 0 Å². The van der Waals surface area contributed by atoms with Gasteiger partial charge in [-0.05, 0) is 11.6 Å². The van der Waals surface area contributed by atoms with Crippen molar-refractivity contribution >= 4 is 5.91 Å². The summed E-state index contributed by atoms with van der Waals surface area (Å²) in [6, 6.07) is 3.16. The summed E-state index contributed by atoms with van der Waals surface area (Å²) in [7, 11) is 0. The molecule has 8 heteroatoms. The largest absolute Gasteiger partial charge is 0.354 e. The fourth-order valence-corrected chi connectivity index (χ4v) is 2.35. The highest BCUT2D eigenvalue weighted by Gasteiger charge is 2.10. The normalized spacial score (nSPS) is 10.6. The summed E-state index contributed by atoms with van der Waals surface area (Å²) in [6.07, 6.45) is 8.02. The van der Waals surface area contributed by atoms with Gasteiger partial charge in [0.15, 0.2) is 5.82 Å². The second kappa shape index (κ2) is 7.61. The Bertz CT molecular complexity index is 866. The first kappa shape index (κ1) is 16.7. The molecule has 1 N–H and O–H groups in total. The molecule has 0 bridgehead atoms. The molecule has 128 valence electrons. The van der Waals surface area contributed by atoms with E-state index >= 15 is 0 Å². The van der Waals surface area contributed by atoms with E-state index in [1.54, 1.807) is 31.0 Å². The maximum absolute atomic E-state index is 13.6. The molecule has 1 amide bonds. The zero-order valence-electron chi connectivity index (χ0n) is 13.2. The molecule has 0 saturated carbocycles. The van der Waals surface area contributed by atoms with Crippen LogP contribution in [0.25, 0.3) is 11.5 Å². The summed E-state index contributed by atoms with van der Waals surface area (Å²) >= 11 is 0. The van der Waals surface area contributed by atoms with E-state index in [0.717, 1.165) is 12.1 Å². The van der Waals surface area contributed by atoms with Gasteiger partial charge in [-0.25, -0.2) is 18.7 Å². The van der Waals surface area contributed by atoms with Gasteiger partial charge >= 0.3 is 0 Å². The Morgan fingerprint density at radius 1 is 1.16 bits per heavy atom. The molecule has 2 aromatic heterocycles. The number of carbonyl (C=O) groups is 1. The molecule has 0 fully saturated rings. The SMILES string of the molecule is O=C(Cc1ccc(F)cc1F)NCCn1ccnc1-c1cnccn1. The highest BCUT2D eigenvalue weighted by atomic mass is 19.1. The molecule has 0 saturated heterocycles. The molecule has 0 atom stereocenters. The van der Waals surface area contributed by atoms with Crippen LogP contribution in [-0.2, 0) is 17.8 Å². The maximum atomic E-state index is 13.6. The second-order valence-electron chi connectivity index (χ2n) is 5.30. The minimum atomic E-state index is -0.727. The van der Waals surface area contributed by atoms with Gasteiger partial charge in [-0.2, -0.15) is 0 Å². The summed E-state index contributed by atoms with van der Waals surface area (Å²) in [4.78, 5) is 24.3. The molecule has 0 unspecified atom stereocenters. The van der Waals surface area contributed by atoms with E-state index in [1.165, 1.54) is 6.07 Å². The van der Waals surface area contributed by atoms with Gasteiger partial charge in [0.05, 0.1) is 12.6 Å². The Morgan fingerprint density at radius 3 is 2.80 bits per heavy atom.